The van der Waals surface area contributed by atoms with E-state index in [1.165, 1.54) is 65.1 Å². The fourth-order valence-corrected chi connectivity index (χ4v) is 6.14. The molecule has 0 N–H and O–H groups in total. The van der Waals surface area contributed by atoms with E-state index in [1.54, 1.807) is 0 Å². The summed E-state index contributed by atoms with van der Waals surface area (Å²) in [7, 11) is 0. The molecule has 1 aliphatic carbocycles. The summed E-state index contributed by atoms with van der Waals surface area (Å²) in [4.78, 5) is 0. The molecule has 2 nitrogen and oxygen atoms in total. The number of furan rings is 1. The summed E-state index contributed by atoms with van der Waals surface area (Å²) in [5, 5.41) is 2.38. The highest BCUT2D eigenvalue weighted by molar-refractivity contribution is 6.12. The molecule has 2 heteroatoms. The van der Waals surface area contributed by atoms with Crippen molar-refractivity contribution in [3.05, 3.63) is 101 Å². The first-order valence-electron chi connectivity index (χ1n) is 13.0. The number of hydrogen-bond donors (Lipinski definition) is 0. The lowest BCUT2D eigenvalue weighted by Gasteiger charge is -2.29. The Bertz CT molecular complexity index is 1480. The molecular weight excluding hydrogens is 426 g/mol. The third-order valence-corrected chi connectivity index (χ3v) is 7.85. The van der Waals surface area contributed by atoms with Crippen molar-refractivity contribution in [2.45, 2.75) is 52.4 Å². The summed E-state index contributed by atoms with van der Waals surface area (Å²) < 4.78 is 8.80. The van der Waals surface area contributed by atoms with Gasteiger partial charge >= 0.3 is 5.58 Å². The van der Waals surface area contributed by atoms with Crippen molar-refractivity contribution in [1.29, 1.82) is 0 Å². The second-order valence-electron chi connectivity index (χ2n) is 10.3. The van der Waals surface area contributed by atoms with Crippen LogP contribution in [0, 0.1) is 25.8 Å². The van der Waals surface area contributed by atoms with Crippen LogP contribution in [-0.2, 0) is 0 Å². The molecule has 176 valence electrons. The van der Waals surface area contributed by atoms with Gasteiger partial charge in [0, 0.05) is 12.1 Å². The fraction of sp³-hybridized carbons (Fsp3) is 0.273. The summed E-state index contributed by atoms with van der Waals surface area (Å²) >= 11 is 0. The van der Waals surface area contributed by atoms with Crippen molar-refractivity contribution in [3.63, 3.8) is 0 Å². The number of para-hydroxylation sites is 1. The third-order valence-electron chi connectivity index (χ3n) is 7.85. The topological polar surface area (TPSA) is 14.3 Å². The van der Waals surface area contributed by atoms with Gasteiger partial charge in [0.2, 0.25) is 0 Å². The molecular formula is C33H33NO. The van der Waals surface area contributed by atoms with Crippen LogP contribution in [0.3, 0.4) is 0 Å². The van der Waals surface area contributed by atoms with Gasteiger partial charge in [0.1, 0.15) is 0 Å². The van der Waals surface area contributed by atoms with E-state index in [2.05, 4.69) is 93.5 Å². The number of rotatable bonds is 4. The molecule has 1 fully saturated rings. The average molecular weight is 460 g/mol. The minimum absolute atomic E-state index is 0.802. The maximum atomic E-state index is 6.79. The molecule has 0 spiro atoms. The maximum absolute atomic E-state index is 6.79. The summed E-state index contributed by atoms with van der Waals surface area (Å²) in [5.41, 5.74) is 9.26. The molecule has 1 aromatic heterocycles. The predicted molar refractivity (Wildman–Crippen MR) is 147 cm³/mol. The molecule has 0 bridgehead atoms. The first-order chi connectivity index (χ1) is 17.1. The van der Waals surface area contributed by atoms with Crippen LogP contribution in [0.5, 0.6) is 0 Å². The number of allylic oxidation sites excluding steroid dienone is 2. The van der Waals surface area contributed by atoms with Crippen LogP contribution in [0.4, 0.5) is 0 Å². The van der Waals surface area contributed by atoms with Gasteiger partial charge in [0.05, 0.1) is 23.2 Å². The van der Waals surface area contributed by atoms with Gasteiger partial charge in [0.15, 0.2) is 0 Å². The lowest BCUT2D eigenvalue weighted by molar-refractivity contribution is -0.418. The van der Waals surface area contributed by atoms with Gasteiger partial charge in [-0.05, 0) is 36.1 Å². The Labute approximate surface area is 208 Å². The molecule has 0 unspecified atom stereocenters. The Kier molecular flexibility index (Phi) is 5.60. The molecule has 0 amide bonds. The van der Waals surface area contributed by atoms with Crippen molar-refractivity contribution in [2.24, 2.45) is 5.92 Å². The van der Waals surface area contributed by atoms with Crippen LogP contribution < -0.4 is 0 Å². The molecule has 6 rings (SSSR count). The first kappa shape index (κ1) is 22.0. The lowest BCUT2D eigenvalue weighted by atomic mass is 9.83. The molecule has 2 aliphatic rings. The van der Waals surface area contributed by atoms with Crippen molar-refractivity contribution >= 4 is 28.7 Å². The molecule has 35 heavy (non-hydrogen) atoms. The Morgan fingerprint density at radius 2 is 1.77 bits per heavy atom. The van der Waals surface area contributed by atoms with E-state index in [1.807, 2.05) is 4.58 Å². The number of benzene rings is 3. The number of hydrogen-bond acceptors (Lipinski definition) is 0. The van der Waals surface area contributed by atoms with Gasteiger partial charge in [-0.2, -0.15) is 0 Å². The molecule has 2 heterocycles. The molecule has 0 saturated heterocycles. The maximum Gasteiger partial charge on any atom is 0.352 e. The lowest BCUT2D eigenvalue weighted by Crippen LogP contribution is -2.17. The van der Waals surface area contributed by atoms with Crippen LogP contribution in [0.1, 0.15) is 55.2 Å². The SMILES string of the molecule is C=[N+]1C=CC(CC2CCCCC2)=C[C-]1c1c(C)cc(C)c2c3cccc(-c4ccccc4)c3[o+][c-]12. The summed E-state index contributed by atoms with van der Waals surface area (Å²) in [5.74, 6) is 0.802. The highest BCUT2D eigenvalue weighted by Gasteiger charge is 2.27. The first-order valence-corrected chi connectivity index (χ1v) is 13.0. The van der Waals surface area contributed by atoms with E-state index in [0.29, 0.717) is 0 Å². The Morgan fingerprint density at radius 3 is 2.57 bits per heavy atom. The van der Waals surface area contributed by atoms with Gasteiger partial charge < -0.3 is 4.58 Å². The molecule has 0 radical (unpaired) electrons. The van der Waals surface area contributed by atoms with Gasteiger partial charge in [0.25, 0.3) is 5.58 Å². The third kappa shape index (κ3) is 3.91. The largest absolute Gasteiger partial charge is 0.352 e. The smallest absolute Gasteiger partial charge is 0.336 e. The summed E-state index contributed by atoms with van der Waals surface area (Å²) in [6, 6.07) is 20.5. The van der Waals surface area contributed by atoms with E-state index in [0.717, 1.165) is 40.7 Å². The molecule has 1 saturated carbocycles. The van der Waals surface area contributed by atoms with Gasteiger partial charge in [-0.3, -0.25) is 4.42 Å². The Balaban J connectivity index is 1.51. The van der Waals surface area contributed by atoms with Crippen molar-refractivity contribution in [1.82, 2.24) is 0 Å². The number of fused-ring (bicyclic) bond motifs is 3. The van der Waals surface area contributed by atoms with Crippen LogP contribution >= 0.6 is 0 Å². The minimum atomic E-state index is 0.802. The summed E-state index contributed by atoms with van der Waals surface area (Å²) in [6.07, 6.45) is 14.7. The molecule has 1 aliphatic heterocycles. The highest BCUT2D eigenvalue weighted by Crippen LogP contribution is 2.42. The van der Waals surface area contributed by atoms with Crippen molar-refractivity contribution in [3.8, 4) is 11.1 Å². The zero-order chi connectivity index (χ0) is 23.9. The summed E-state index contributed by atoms with van der Waals surface area (Å²) in [6.45, 7) is 8.74. The Morgan fingerprint density at radius 1 is 0.971 bits per heavy atom. The van der Waals surface area contributed by atoms with Crippen LogP contribution in [0.25, 0.3) is 33.1 Å². The molecule has 0 atom stereocenters. The van der Waals surface area contributed by atoms with Crippen molar-refractivity contribution in [2.75, 3.05) is 0 Å². The van der Waals surface area contributed by atoms with Crippen LogP contribution in [0.2, 0.25) is 0 Å². The van der Waals surface area contributed by atoms with Gasteiger partial charge in [-0.25, -0.2) is 0 Å². The normalized spacial score (nSPS) is 16.9. The number of nitrogens with zero attached hydrogens (tertiary/aromatic N) is 1. The second kappa shape index (κ2) is 8.92. The zero-order valence-electron chi connectivity index (χ0n) is 20.8. The van der Waals surface area contributed by atoms with Crippen molar-refractivity contribution < 1.29 is 8.99 Å². The van der Waals surface area contributed by atoms with E-state index < -0.39 is 0 Å². The van der Waals surface area contributed by atoms with E-state index in [9.17, 15) is 0 Å². The standard InChI is InChI=1S/C33H33NO/c1-22-19-23(2)31(29-21-25(17-18-34(29)3)20-24-11-6-4-7-12-24)33-30(22)28-16-10-15-27(32(28)35-33)26-13-8-5-9-14-26/h5,8-10,13-19,21,24H,3-4,6-7,11-12,20H2,1-2H3. The van der Waals surface area contributed by atoms with Crippen LogP contribution in [-0.4, -0.2) is 11.3 Å². The van der Waals surface area contributed by atoms with Crippen LogP contribution in [0.15, 0.2) is 82.9 Å². The Hall–Kier alpha value is -3.52. The highest BCUT2D eigenvalue weighted by atomic mass is 16.3. The quantitative estimate of drug-likeness (QED) is 0.169. The second-order valence-corrected chi connectivity index (χ2v) is 10.3. The molecule has 4 aromatic rings. The van der Waals surface area contributed by atoms with E-state index in [4.69, 9.17) is 4.42 Å². The molecule has 3 aromatic carbocycles. The fourth-order valence-electron chi connectivity index (χ4n) is 6.14. The zero-order valence-corrected chi connectivity index (χ0v) is 20.8. The predicted octanol–water partition coefficient (Wildman–Crippen LogP) is 8.89. The number of aryl methyl sites for hydroxylation is 2. The van der Waals surface area contributed by atoms with Gasteiger partial charge in [-0.15, -0.1) is 29.4 Å². The van der Waals surface area contributed by atoms with E-state index in [-0.39, 0.29) is 0 Å². The minimum Gasteiger partial charge on any atom is -0.336 e. The monoisotopic (exact) mass is 459 g/mol. The van der Waals surface area contributed by atoms with Gasteiger partial charge in [-0.1, -0.05) is 87.4 Å². The average Bonchev–Trinajstić information content (AvgIpc) is 3.27. The van der Waals surface area contributed by atoms with E-state index >= 15 is 0 Å².